The molecule has 0 heterocycles. The zero-order valence-corrected chi connectivity index (χ0v) is 11.1. The van der Waals surface area contributed by atoms with Crippen molar-refractivity contribution in [3.8, 4) is 0 Å². The fourth-order valence-electron chi connectivity index (χ4n) is 1.16. The van der Waals surface area contributed by atoms with Crippen LogP contribution in [0.5, 0.6) is 0 Å². The van der Waals surface area contributed by atoms with Crippen LogP contribution < -0.4 is 0 Å². The molecule has 0 N–H and O–H groups in total. The summed E-state index contributed by atoms with van der Waals surface area (Å²) in [5.41, 5.74) is 1.92. The van der Waals surface area contributed by atoms with Crippen LogP contribution in [0.1, 0.15) is 36.7 Å². The van der Waals surface area contributed by atoms with Gasteiger partial charge in [-0.25, -0.2) is 0 Å². The highest BCUT2D eigenvalue weighted by molar-refractivity contribution is 5.74. The number of rotatable bonds is 5. The van der Waals surface area contributed by atoms with Crippen LogP contribution >= 0.6 is 0 Å². The van der Waals surface area contributed by atoms with E-state index in [1.807, 2.05) is 52.0 Å². The lowest BCUT2D eigenvalue weighted by Gasteiger charge is -2.09. The molecule has 0 fully saturated rings. The molecule has 0 aliphatic rings. The van der Waals surface area contributed by atoms with Crippen LogP contribution in [0.3, 0.4) is 0 Å². The van der Waals surface area contributed by atoms with Crippen molar-refractivity contribution < 1.29 is 14.3 Å². The molecule has 0 unspecified atom stereocenters. The Morgan fingerprint density at radius 1 is 1.12 bits per heavy atom. The summed E-state index contributed by atoms with van der Waals surface area (Å²) in [5.74, 6) is 0. The Kier molecular flexibility index (Phi) is 9.30. The molecular formula is C14H22O3. The van der Waals surface area contributed by atoms with Gasteiger partial charge in [-0.3, -0.25) is 4.79 Å². The van der Waals surface area contributed by atoms with Crippen molar-refractivity contribution in [2.75, 3.05) is 13.2 Å². The second kappa shape index (κ2) is 10.00. The molecule has 0 aliphatic heterocycles. The molecule has 3 heteroatoms. The summed E-state index contributed by atoms with van der Waals surface area (Å²) >= 11 is 0. The van der Waals surface area contributed by atoms with E-state index >= 15 is 0 Å². The fourth-order valence-corrected chi connectivity index (χ4v) is 1.16. The van der Waals surface area contributed by atoms with Crippen LogP contribution in [0, 0.1) is 6.92 Å². The molecule has 0 spiro atoms. The third-order valence-electron chi connectivity index (χ3n) is 2.02. The standard InChI is InChI=1S/C8H8O.C6H14O2/c1-7-2-4-8(6-9)5-3-7;1-4-7-6(3)8-5-2/h2-6H,1H3;6H,4-5H2,1-3H3. The van der Waals surface area contributed by atoms with Gasteiger partial charge in [-0.2, -0.15) is 0 Å². The molecule has 17 heavy (non-hydrogen) atoms. The SMILES string of the molecule is CCOC(C)OCC.Cc1ccc(C=O)cc1. The van der Waals surface area contributed by atoms with E-state index in [-0.39, 0.29) is 6.29 Å². The number of carbonyl (C=O) groups is 1. The van der Waals surface area contributed by atoms with Crippen molar-refractivity contribution >= 4 is 6.29 Å². The van der Waals surface area contributed by atoms with Crippen LogP contribution in [0.15, 0.2) is 24.3 Å². The summed E-state index contributed by atoms with van der Waals surface area (Å²) in [5, 5.41) is 0. The number of carbonyl (C=O) groups excluding carboxylic acids is 1. The molecule has 0 saturated carbocycles. The summed E-state index contributed by atoms with van der Waals surface area (Å²) in [4.78, 5) is 10.1. The lowest BCUT2D eigenvalue weighted by molar-refractivity contribution is -0.123. The maximum atomic E-state index is 10.1. The van der Waals surface area contributed by atoms with Gasteiger partial charge in [-0.15, -0.1) is 0 Å². The molecule has 3 nitrogen and oxygen atoms in total. The predicted molar refractivity (Wildman–Crippen MR) is 69.3 cm³/mol. The normalized spacial score (nSPS) is 9.71. The molecule has 0 aliphatic carbocycles. The van der Waals surface area contributed by atoms with Crippen LogP contribution in [-0.2, 0) is 9.47 Å². The average Bonchev–Trinajstić information content (AvgIpc) is 2.32. The molecule has 0 radical (unpaired) electrons. The zero-order valence-electron chi connectivity index (χ0n) is 11.1. The summed E-state index contributed by atoms with van der Waals surface area (Å²) in [6.07, 6.45) is 0.810. The molecule has 1 aromatic carbocycles. The van der Waals surface area contributed by atoms with E-state index < -0.39 is 0 Å². The van der Waals surface area contributed by atoms with Gasteiger partial charge in [-0.1, -0.05) is 29.8 Å². The topological polar surface area (TPSA) is 35.5 Å². The zero-order chi connectivity index (χ0) is 13.1. The molecule has 0 atom stereocenters. The molecule has 1 aromatic rings. The monoisotopic (exact) mass is 238 g/mol. The second-order valence-electron chi connectivity index (χ2n) is 3.51. The number of hydrogen-bond donors (Lipinski definition) is 0. The second-order valence-corrected chi connectivity index (χ2v) is 3.51. The quantitative estimate of drug-likeness (QED) is 0.583. The predicted octanol–water partition coefficient (Wildman–Crippen LogP) is 3.21. The van der Waals surface area contributed by atoms with Gasteiger partial charge in [0.1, 0.15) is 6.29 Å². The van der Waals surface area contributed by atoms with Gasteiger partial charge in [0.05, 0.1) is 0 Å². The highest BCUT2D eigenvalue weighted by Crippen LogP contribution is 1.98. The maximum absolute atomic E-state index is 10.1. The average molecular weight is 238 g/mol. The van der Waals surface area contributed by atoms with Crippen molar-refractivity contribution in [2.45, 2.75) is 34.0 Å². The Morgan fingerprint density at radius 2 is 1.59 bits per heavy atom. The number of aryl methyl sites for hydroxylation is 1. The van der Waals surface area contributed by atoms with Crippen LogP contribution in [0.2, 0.25) is 0 Å². The largest absolute Gasteiger partial charge is 0.353 e. The molecular weight excluding hydrogens is 216 g/mol. The molecule has 0 amide bonds. The smallest absolute Gasteiger partial charge is 0.154 e. The maximum Gasteiger partial charge on any atom is 0.154 e. The van der Waals surface area contributed by atoms with Gasteiger partial charge < -0.3 is 9.47 Å². The van der Waals surface area contributed by atoms with Gasteiger partial charge in [0.25, 0.3) is 0 Å². The number of hydrogen-bond acceptors (Lipinski definition) is 3. The van der Waals surface area contributed by atoms with Crippen molar-refractivity contribution in [1.29, 1.82) is 0 Å². The van der Waals surface area contributed by atoms with E-state index in [0.717, 1.165) is 25.1 Å². The minimum atomic E-state index is -0.0370. The van der Waals surface area contributed by atoms with Gasteiger partial charge in [0, 0.05) is 18.8 Å². The molecule has 0 bridgehead atoms. The summed E-state index contributed by atoms with van der Waals surface area (Å²) in [6, 6.07) is 7.46. The van der Waals surface area contributed by atoms with Crippen molar-refractivity contribution in [2.24, 2.45) is 0 Å². The van der Waals surface area contributed by atoms with Crippen LogP contribution in [0.25, 0.3) is 0 Å². The van der Waals surface area contributed by atoms with E-state index in [2.05, 4.69) is 0 Å². The Balaban J connectivity index is 0.000000304. The first-order chi connectivity index (χ1) is 8.13. The summed E-state index contributed by atoms with van der Waals surface area (Å²) in [7, 11) is 0. The molecule has 96 valence electrons. The molecule has 0 aromatic heterocycles. The Hall–Kier alpha value is -1.19. The van der Waals surface area contributed by atoms with Gasteiger partial charge >= 0.3 is 0 Å². The van der Waals surface area contributed by atoms with E-state index in [4.69, 9.17) is 9.47 Å². The minimum absolute atomic E-state index is 0.0370. The van der Waals surface area contributed by atoms with Gasteiger partial charge in [-0.05, 0) is 27.7 Å². The Labute approximate surface area is 104 Å². The van der Waals surface area contributed by atoms with Crippen molar-refractivity contribution in [1.82, 2.24) is 0 Å². The molecule has 0 saturated heterocycles. The van der Waals surface area contributed by atoms with E-state index in [1.165, 1.54) is 5.56 Å². The first-order valence-corrected chi connectivity index (χ1v) is 5.89. The van der Waals surface area contributed by atoms with E-state index in [9.17, 15) is 4.79 Å². The third-order valence-corrected chi connectivity index (χ3v) is 2.02. The van der Waals surface area contributed by atoms with Crippen LogP contribution in [-0.4, -0.2) is 25.8 Å². The molecule has 1 rings (SSSR count). The lowest BCUT2D eigenvalue weighted by atomic mass is 10.2. The lowest BCUT2D eigenvalue weighted by Crippen LogP contribution is -2.11. The summed E-state index contributed by atoms with van der Waals surface area (Å²) in [6.45, 7) is 9.24. The van der Waals surface area contributed by atoms with Crippen LogP contribution in [0.4, 0.5) is 0 Å². The highest BCUT2D eigenvalue weighted by atomic mass is 16.7. The Morgan fingerprint density at radius 3 is 1.94 bits per heavy atom. The van der Waals surface area contributed by atoms with E-state index in [1.54, 1.807) is 0 Å². The number of aldehydes is 1. The first-order valence-electron chi connectivity index (χ1n) is 5.89. The third kappa shape index (κ3) is 8.60. The first kappa shape index (κ1) is 15.8. The van der Waals surface area contributed by atoms with Gasteiger partial charge in [0.15, 0.2) is 6.29 Å². The highest BCUT2D eigenvalue weighted by Gasteiger charge is 1.94. The number of benzene rings is 1. The number of ether oxygens (including phenoxy) is 2. The van der Waals surface area contributed by atoms with Crippen molar-refractivity contribution in [3.05, 3.63) is 35.4 Å². The summed E-state index contributed by atoms with van der Waals surface area (Å²) < 4.78 is 10.1. The minimum Gasteiger partial charge on any atom is -0.353 e. The Bertz CT molecular complexity index is 287. The fraction of sp³-hybridized carbons (Fsp3) is 0.500. The van der Waals surface area contributed by atoms with Gasteiger partial charge in [0.2, 0.25) is 0 Å². The van der Waals surface area contributed by atoms with E-state index in [0.29, 0.717) is 0 Å². The van der Waals surface area contributed by atoms with Crippen molar-refractivity contribution in [3.63, 3.8) is 0 Å².